The molecule has 35 heavy (non-hydrogen) atoms. The van der Waals surface area contributed by atoms with Crippen LogP contribution >= 0.6 is 0 Å². The van der Waals surface area contributed by atoms with E-state index >= 15 is 0 Å². The standard InChI is InChI=1S/C24H43FN8O2/c1-31-8-10-32(11-9-31)24(35)16-4-2-15(3-5-16)18-6-7-27-13-19(18)29-23(34)20-21(26)30-33-14-17(25)12-28-22(20)33/h15-22,27-28,30H,2-14,26H2,1H3,(H,29,34). The van der Waals surface area contributed by atoms with Crippen molar-refractivity contribution in [2.75, 3.05) is 59.4 Å². The third-order valence-corrected chi connectivity index (χ3v) is 9.03. The highest BCUT2D eigenvalue weighted by Gasteiger charge is 2.48. The lowest BCUT2D eigenvalue weighted by Crippen LogP contribution is -2.60. The summed E-state index contributed by atoms with van der Waals surface area (Å²) in [6.45, 7) is 5.78. The fourth-order valence-electron chi connectivity index (χ4n) is 6.94. The Morgan fingerprint density at radius 3 is 2.51 bits per heavy atom. The average Bonchev–Trinajstić information content (AvgIpc) is 3.19. The maximum Gasteiger partial charge on any atom is 0.229 e. The van der Waals surface area contributed by atoms with Gasteiger partial charge in [-0.05, 0) is 57.5 Å². The van der Waals surface area contributed by atoms with Gasteiger partial charge in [0, 0.05) is 57.8 Å². The van der Waals surface area contributed by atoms with Gasteiger partial charge in [0.2, 0.25) is 11.8 Å². The summed E-state index contributed by atoms with van der Waals surface area (Å²) in [4.78, 5) is 30.7. The van der Waals surface area contributed by atoms with E-state index in [1.807, 2.05) is 0 Å². The molecular formula is C24H43FN8O2. The smallest absolute Gasteiger partial charge is 0.229 e. The summed E-state index contributed by atoms with van der Waals surface area (Å²) < 4.78 is 13.8. The van der Waals surface area contributed by atoms with Gasteiger partial charge in [-0.15, -0.1) is 0 Å². The van der Waals surface area contributed by atoms with E-state index in [9.17, 15) is 14.0 Å². The van der Waals surface area contributed by atoms with E-state index in [4.69, 9.17) is 5.73 Å². The third-order valence-electron chi connectivity index (χ3n) is 9.03. The molecule has 0 radical (unpaired) electrons. The molecule has 4 saturated heterocycles. The normalized spacial score (nSPS) is 41.4. The van der Waals surface area contributed by atoms with Crippen LogP contribution in [0.15, 0.2) is 0 Å². The Morgan fingerprint density at radius 2 is 1.77 bits per heavy atom. The Kier molecular flexibility index (Phi) is 7.90. The Labute approximate surface area is 207 Å². The Balaban J connectivity index is 1.15. The van der Waals surface area contributed by atoms with Crippen molar-refractivity contribution in [3.63, 3.8) is 0 Å². The van der Waals surface area contributed by atoms with Gasteiger partial charge in [-0.3, -0.25) is 14.9 Å². The molecule has 0 aromatic carbocycles. The fraction of sp³-hybridized carbons (Fsp3) is 0.917. The minimum Gasteiger partial charge on any atom is -0.351 e. The van der Waals surface area contributed by atoms with Crippen LogP contribution in [0.3, 0.4) is 0 Å². The summed E-state index contributed by atoms with van der Waals surface area (Å²) in [5.74, 6) is 0.869. The number of amides is 2. The molecule has 11 heteroatoms. The van der Waals surface area contributed by atoms with Gasteiger partial charge in [0.25, 0.3) is 0 Å². The number of likely N-dealkylation sites (N-methyl/N-ethyl adjacent to an activating group) is 1. The maximum absolute atomic E-state index is 13.8. The molecule has 0 bridgehead atoms. The molecule has 198 valence electrons. The number of nitrogens with zero attached hydrogens (tertiary/aromatic N) is 3. The number of hydrogen-bond donors (Lipinski definition) is 5. The van der Waals surface area contributed by atoms with E-state index in [2.05, 4.69) is 38.2 Å². The second-order valence-corrected chi connectivity index (χ2v) is 11.3. The second-order valence-electron chi connectivity index (χ2n) is 11.3. The van der Waals surface area contributed by atoms with Crippen molar-refractivity contribution in [3.8, 4) is 0 Å². The zero-order chi connectivity index (χ0) is 24.5. The molecule has 4 aliphatic heterocycles. The summed E-state index contributed by atoms with van der Waals surface area (Å²) in [7, 11) is 2.11. The van der Waals surface area contributed by atoms with Crippen LogP contribution in [-0.4, -0.2) is 111 Å². The highest BCUT2D eigenvalue weighted by molar-refractivity contribution is 5.81. The van der Waals surface area contributed by atoms with Crippen molar-refractivity contribution in [2.24, 2.45) is 29.4 Å². The molecule has 0 aromatic heterocycles. The minimum absolute atomic E-state index is 0.0462. The van der Waals surface area contributed by atoms with E-state index in [1.165, 1.54) is 0 Å². The van der Waals surface area contributed by atoms with Gasteiger partial charge in [-0.2, -0.15) is 0 Å². The number of piperidine rings is 1. The SMILES string of the molecule is CN1CCN(C(=O)C2CCC(C3CCNCC3NC(=O)C3C(N)NN4CC(F)CNC34)CC2)CC1. The highest BCUT2D eigenvalue weighted by Crippen LogP contribution is 2.38. The lowest BCUT2D eigenvalue weighted by Gasteiger charge is -2.42. The van der Waals surface area contributed by atoms with Crippen LogP contribution in [-0.2, 0) is 9.59 Å². The van der Waals surface area contributed by atoms with E-state index in [0.29, 0.717) is 17.7 Å². The number of carbonyl (C=O) groups is 2. The molecule has 5 aliphatic rings. The lowest BCUT2D eigenvalue weighted by atomic mass is 9.71. The lowest BCUT2D eigenvalue weighted by molar-refractivity contribution is -0.138. The molecule has 5 rings (SSSR count). The number of nitrogens with two attached hydrogens (primary N) is 1. The summed E-state index contributed by atoms with van der Waals surface area (Å²) in [5, 5.41) is 11.6. The van der Waals surface area contributed by atoms with Gasteiger partial charge in [0.05, 0.1) is 18.2 Å². The Morgan fingerprint density at radius 1 is 1.03 bits per heavy atom. The molecule has 5 fully saturated rings. The first-order chi connectivity index (χ1) is 16.9. The third kappa shape index (κ3) is 5.50. The highest BCUT2D eigenvalue weighted by atomic mass is 19.1. The molecule has 10 nitrogen and oxygen atoms in total. The molecule has 6 unspecified atom stereocenters. The van der Waals surface area contributed by atoms with Crippen molar-refractivity contribution in [2.45, 2.75) is 56.6 Å². The number of carbonyl (C=O) groups excluding carboxylic acids is 2. The zero-order valence-corrected chi connectivity index (χ0v) is 20.9. The van der Waals surface area contributed by atoms with Crippen LogP contribution in [0.25, 0.3) is 0 Å². The van der Waals surface area contributed by atoms with Crippen LogP contribution in [0.1, 0.15) is 32.1 Å². The first kappa shape index (κ1) is 25.3. The average molecular weight is 495 g/mol. The predicted octanol–water partition coefficient (Wildman–Crippen LogP) is -1.35. The van der Waals surface area contributed by atoms with Crippen LogP contribution in [0.2, 0.25) is 0 Å². The molecule has 0 aromatic rings. The monoisotopic (exact) mass is 494 g/mol. The van der Waals surface area contributed by atoms with E-state index < -0.39 is 18.3 Å². The first-order valence-electron chi connectivity index (χ1n) is 13.5. The Hall–Kier alpha value is -1.37. The van der Waals surface area contributed by atoms with Crippen LogP contribution < -0.4 is 27.1 Å². The number of alkyl halides is 1. The molecular weight excluding hydrogens is 451 g/mol. The summed E-state index contributed by atoms with van der Waals surface area (Å²) in [6, 6.07) is 0.0462. The first-order valence-corrected chi connectivity index (χ1v) is 13.5. The summed E-state index contributed by atoms with van der Waals surface area (Å²) >= 11 is 0. The largest absolute Gasteiger partial charge is 0.351 e. The predicted molar refractivity (Wildman–Crippen MR) is 130 cm³/mol. The van der Waals surface area contributed by atoms with Crippen LogP contribution in [0.5, 0.6) is 0 Å². The number of hydrazine groups is 1. The molecule has 1 saturated carbocycles. The van der Waals surface area contributed by atoms with Gasteiger partial charge < -0.3 is 26.2 Å². The number of hydrogen-bond acceptors (Lipinski definition) is 8. The van der Waals surface area contributed by atoms with Crippen LogP contribution in [0, 0.1) is 23.7 Å². The molecule has 0 spiro atoms. The minimum atomic E-state index is -0.974. The zero-order valence-electron chi connectivity index (χ0n) is 20.9. The van der Waals surface area contributed by atoms with E-state index in [0.717, 1.165) is 71.4 Å². The molecule has 6 atom stereocenters. The maximum atomic E-state index is 13.8. The van der Waals surface area contributed by atoms with Gasteiger partial charge in [-0.1, -0.05) is 0 Å². The molecule has 4 heterocycles. The number of halogens is 1. The van der Waals surface area contributed by atoms with Gasteiger partial charge >= 0.3 is 0 Å². The quantitative estimate of drug-likeness (QED) is 0.326. The summed E-state index contributed by atoms with van der Waals surface area (Å²) in [6.07, 6.45) is 3.21. The van der Waals surface area contributed by atoms with Gasteiger partial charge in [-0.25, -0.2) is 14.8 Å². The van der Waals surface area contributed by atoms with Gasteiger partial charge in [0.15, 0.2) is 0 Å². The second kappa shape index (κ2) is 10.9. The number of nitrogens with one attached hydrogen (secondary N) is 4. The van der Waals surface area contributed by atoms with Crippen LogP contribution in [0.4, 0.5) is 4.39 Å². The molecule has 1 aliphatic carbocycles. The van der Waals surface area contributed by atoms with Crippen molar-refractivity contribution >= 4 is 11.8 Å². The molecule has 6 N–H and O–H groups in total. The van der Waals surface area contributed by atoms with Crippen molar-refractivity contribution in [1.29, 1.82) is 0 Å². The fourth-order valence-corrected chi connectivity index (χ4v) is 6.94. The number of piperazine rings is 1. The number of fused-ring (bicyclic) bond motifs is 1. The van der Waals surface area contributed by atoms with E-state index in [1.54, 1.807) is 5.01 Å². The molecule has 2 amide bonds. The topological polar surface area (TPSA) is 118 Å². The summed E-state index contributed by atoms with van der Waals surface area (Å²) in [5.41, 5.74) is 9.32. The van der Waals surface area contributed by atoms with Crippen molar-refractivity contribution in [3.05, 3.63) is 0 Å². The van der Waals surface area contributed by atoms with E-state index in [-0.39, 0.29) is 37.1 Å². The van der Waals surface area contributed by atoms with Gasteiger partial charge in [0.1, 0.15) is 6.17 Å². The van der Waals surface area contributed by atoms with Crippen molar-refractivity contribution in [1.82, 2.24) is 36.2 Å². The van der Waals surface area contributed by atoms with Crippen molar-refractivity contribution < 1.29 is 14.0 Å². The Bertz CT molecular complexity index is 758. The number of rotatable bonds is 4.